The van der Waals surface area contributed by atoms with E-state index in [1.807, 2.05) is 44.2 Å². The van der Waals surface area contributed by atoms with Crippen LogP contribution in [0, 0.1) is 11.8 Å². The van der Waals surface area contributed by atoms with E-state index in [1.54, 1.807) is 4.90 Å². The zero-order chi connectivity index (χ0) is 23.4. The van der Waals surface area contributed by atoms with Crippen molar-refractivity contribution in [3.05, 3.63) is 72.6 Å². The van der Waals surface area contributed by atoms with Gasteiger partial charge in [-0.3, -0.25) is 0 Å². The fraction of sp³-hybridized carbons (Fsp3) is 0.346. The minimum Gasteiger partial charge on any atom is -0.490 e. The molecule has 0 radical (unpaired) electrons. The number of benzene rings is 2. The van der Waals surface area contributed by atoms with E-state index in [4.69, 9.17) is 9.84 Å². The Labute approximate surface area is 193 Å². The summed E-state index contributed by atoms with van der Waals surface area (Å²) >= 11 is 0. The van der Waals surface area contributed by atoms with Crippen molar-refractivity contribution in [2.75, 3.05) is 13.1 Å². The third-order valence-electron chi connectivity index (χ3n) is 6.23. The second-order valence-electron chi connectivity index (χ2n) is 8.26. The maximum Gasteiger partial charge on any atom is 0.356 e. The Hall–Kier alpha value is -3.61. The Morgan fingerprint density at radius 1 is 0.939 bits per heavy atom. The van der Waals surface area contributed by atoms with Crippen molar-refractivity contribution in [2.24, 2.45) is 11.8 Å². The minimum absolute atomic E-state index is 0.126. The van der Waals surface area contributed by atoms with Crippen LogP contribution < -0.4 is 4.74 Å². The zero-order valence-corrected chi connectivity index (χ0v) is 18.9. The van der Waals surface area contributed by atoms with E-state index in [0.717, 1.165) is 34.4 Å². The van der Waals surface area contributed by atoms with Crippen LogP contribution in [0.15, 0.2) is 66.9 Å². The number of carboxylic acid groups (broad SMARTS) is 1. The van der Waals surface area contributed by atoms with Gasteiger partial charge in [-0.25, -0.2) is 9.59 Å². The number of aromatic nitrogens is 2. The van der Waals surface area contributed by atoms with Crippen LogP contribution in [0.25, 0.3) is 11.1 Å². The number of fused-ring (bicyclic) bond motifs is 1. The highest BCUT2D eigenvalue weighted by Gasteiger charge is 2.43. The van der Waals surface area contributed by atoms with Crippen molar-refractivity contribution in [3.63, 3.8) is 0 Å². The summed E-state index contributed by atoms with van der Waals surface area (Å²) in [7, 11) is 0. The molecule has 7 heteroatoms. The summed E-state index contributed by atoms with van der Waals surface area (Å²) in [6, 6.07) is 19.5. The fourth-order valence-electron chi connectivity index (χ4n) is 4.76. The van der Waals surface area contributed by atoms with E-state index in [2.05, 4.69) is 29.4 Å². The van der Waals surface area contributed by atoms with Crippen molar-refractivity contribution >= 4 is 12.0 Å². The maximum absolute atomic E-state index is 12.7. The lowest BCUT2D eigenvalue weighted by Gasteiger charge is -2.20. The highest BCUT2D eigenvalue weighted by molar-refractivity contribution is 5.86. The Kier molecular flexibility index (Phi) is 6.77. The molecule has 0 spiro atoms. The van der Waals surface area contributed by atoms with Gasteiger partial charge >= 0.3 is 12.0 Å². The zero-order valence-electron chi connectivity index (χ0n) is 18.9. The van der Waals surface area contributed by atoms with Gasteiger partial charge in [0, 0.05) is 19.3 Å². The number of hydrogen-bond donors (Lipinski definition) is 1. The minimum atomic E-state index is -1.14. The van der Waals surface area contributed by atoms with E-state index in [-0.39, 0.29) is 17.8 Å². The van der Waals surface area contributed by atoms with Crippen molar-refractivity contribution < 1.29 is 19.4 Å². The number of likely N-dealkylation sites (tertiary alicyclic amines) is 1. The van der Waals surface area contributed by atoms with Crippen LogP contribution in [0.4, 0.5) is 4.79 Å². The number of hydrogen-bond acceptors (Lipinski definition) is 4. The maximum atomic E-state index is 12.7. The first-order chi connectivity index (χ1) is 16.1. The normalized spacial score (nSPS) is 21.2. The molecular formula is C26H29N3O4. The molecule has 2 unspecified atom stereocenters. The standard InChI is InChI=1S/C24H23N3O4.C2H6/c28-23(29)22-9-10-27(25-22)24(30)26-14-18-12-21(13-19(18)15-26)31-20-8-4-7-17(11-20)16-5-2-1-3-6-16;1-2/h1-11,18-19,21H,12-15H2,(H,28,29);1-2H3. The summed E-state index contributed by atoms with van der Waals surface area (Å²) in [6.07, 6.45) is 3.36. The number of carbonyl (C=O) groups excluding carboxylic acids is 1. The number of aromatic carboxylic acids is 1. The number of rotatable bonds is 4. The smallest absolute Gasteiger partial charge is 0.356 e. The number of carboxylic acids is 1. The average molecular weight is 448 g/mol. The molecule has 1 amide bonds. The van der Waals surface area contributed by atoms with E-state index in [0.29, 0.717) is 24.9 Å². The topological polar surface area (TPSA) is 84.7 Å². The molecule has 1 saturated carbocycles. The molecule has 172 valence electrons. The van der Waals surface area contributed by atoms with Crippen LogP contribution in [0.3, 0.4) is 0 Å². The number of carbonyl (C=O) groups is 2. The number of amides is 1. The molecular weight excluding hydrogens is 418 g/mol. The van der Waals surface area contributed by atoms with Gasteiger partial charge in [0.05, 0.1) is 6.10 Å². The summed E-state index contributed by atoms with van der Waals surface area (Å²) in [5.74, 6) is 0.514. The molecule has 1 aliphatic heterocycles. The summed E-state index contributed by atoms with van der Waals surface area (Å²) in [5.41, 5.74) is 2.17. The largest absolute Gasteiger partial charge is 0.490 e. The molecule has 2 atom stereocenters. The van der Waals surface area contributed by atoms with E-state index >= 15 is 0 Å². The van der Waals surface area contributed by atoms with Gasteiger partial charge in [0.15, 0.2) is 5.69 Å². The Bertz CT molecular complexity index is 1100. The van der Waals surface area contributed by atoms with Crippen molar-refractivity contribution in [3.8, 4) is 16.9 Å². The predicted octanol–water partition coefficient (Wildman–Crippen LogP) is 5.03. The van der Waals surface area contributed by atoms with E-state index in [9.17, 15) is 9.59 Å². The summed E-state index contributed by atoms with van der Waals surface area (Å²) in [4.78, 5) is 25.4. The third kappa shape index (κ3) is 4.92. The molecule has 0 bridgehead atoms. The fourth-order valence-corrected chi connectivity index (χ4v) is 4.76. The predicted molar refractivity (Wildman–Crippen MR) is 125 cm³/mol. The first-order valence-electron chi connectivity index (χ1n) is 11.5. The average Bonchev–Trinajstić information content (AvgIpc) is 3.56. The van der Waals surface area contributed by atoms with Crippen LogP contribution in [-0.2, 0) is 0 Å². The molecule has 7 nitrogen and oxygen atoms in total. The first kappa shape index (κ1) is 22.6. The van der Waals surface area contributed by atoms with Crippen molar-refractivity contribution in [1.29, 1.82) is 0 Å². The van der Waals surface area contributed by atoms with Crippen molar-refractivity contribution in [1.82, 2.24) is 14.7 Å². The molecule has 1 aromatic heterocycles. The molecule has 1 N–H and O–H groups in total. The summed E-state index contributed by atoms with van der Waals surface area (Å²) < 4.78 is 7.42. The molecule has 33 heavy (non-hydrogen) atoms. The molecule has 2 aliphatic rings. The third-order valence-corrected chi connectivity index (χ3v) is 6.23. The number of nitrogens with zero attached hydrogens (tertiary/aromatic N) is 3. The Morgan fingerprint density at radius 2 is 1.61 bits per heavy atom. The van der Waals surface area contributed by atoms with Gasteiger partial charge in [0.1, 0.15) is 5.75 Å². The summed E-state index contributed by atoms with van der Waals surface area (Å²) in [6.45, 7) is 5.30. The Morgan fingerprint density at radius 3 is 2.24 bits per heavy atom. The molecule has 5 rings (SSSR count). The van der Waals surface area contributed by atoms with Crippen LogP contribution in [-0.4, -0.2) is 51.0 Å². The van der Waals surface area contributed by atoms with Gasteiger partial charge in [-0.1, -0.05) is 56.3 Å². The van der Waals surface area contributed by atoms with E-state index < -0.39 is 5.97 Å². The van der Waals surface area contributed by atoms with Gasteiger partial charge in [0.2, 0.25) is 0 Å². The van der Waals surface area contributed by atoms with Gasteiger partial charge < -0.3 is 14.7 Å². The van der Waals surface area contributed by atoms with Gasteiger partial charge in [-0.2, -0.15) is 9.78 Å². The highest BCUT2D eigenvalue weighted by Crippen LogP contribution is 2.40. The van der Waals surface area contributed by atoms with E-state index in [1.165, 1.54) is 12.3 Å². The van der Waals surface area contributed by atoms with Gasteiger partial charge in [-0.05, 0) is 54.0 Å². The lowest BCUT2D eigenvalue weighted by atomic mass is 10.0. The van der Waals surface area contributed by atoms with Crippen molar-refractivity contribution in [2.45, 2.75) is 32.8 Å². The molecule has 1 saturated heterocycles. The number of ether oxygens (including phenoxy) is 1. The first-order valence-corrected chi connectivity index (χ1v) is 11.5. The monoisotopic (exact) mass is 447 g/mol. The van der Waals surface area contributed by atoms with Crippen LogP contribution in [0.2, 0.25) is 0 Å². The molecule has 2 aromatic carbocycles. The molecule has 3 aromatic rings. The Balaban J connectivity index is 0.00000126. The van der Waals surface area contributed by atoms with Gasteiger partial charge in [0.25, 0.3) is 0 Å². The summed E-state index contributed by atoms with van der Waals surface area (Å²) in [5, 5.41) is 12.8. The quantitative estimate of drug-likeness (QED) is 0.606. The van der Waals surface area contributed by atoms with Crippen LogP contribution in [0.1, 0.15) is 37.2 Å². The molecule has 2 heterocycles. The highest BCUT2D eigenvalue weighted by atomic mass is 16.5. The second-order valence-corrected chi connectivity index (χ2v) is 8.26. The van der Waals surface area contributed by atoms with Gasteiger partial charge in [-0.15, -0.1) is 0 Å². The second kappa shape index (κ2) is 9.90. The van der Waals surface area contributed by atoms with Crippen LogP contribution >= 0.6 is 0 Å². The lowest BCUT2D eigenvalue weighted by Crippen LogP contribution is -2.34. The molecule has 1 aliphatic carbocycles. The molecule has 2 fully saturated rings. The lowest BCUT2D eigenvalue weighted by molar-refractivity contribution is 0.0690. The SMILES string of the molecule is CC.O=C(O)c1ccn(C(=O)N2CC3CC(Oc4cccc(-c5ccccc5)c4)CC3C2)n1. The van der Waals surface area contributed by atoms with Crippen LogP contribution in [0.5, 0.6) is 5.75 Å².